The van der Waals surface area contributed by atoms with Crippen LogP contribution < -0.4 is 15.1 Å². The Labute approximate surface area is 236 Å². The van der Waals surface area contributed by atoms with Crippen LogP contribution >= 0.6 is 0 Å². The van der Waals surface area contributed by atoms with Crippen LogP contribution in [0.2, 0.25) is 5.04 Å². The predicted octanol–water partition coefficient (Wildman–Crippen LogP) is 6.43. The minimum atomic E-state index is -2.58. The van der Waals surface area contributed by atoms with Crippen LogP contribution in [0.25, 0.3) is 0 Å². The van der Waals surface area contributed by atoms with Gasteiger partial charge >= 0.3 is 0 Å². The standard InChI is InChI=1S/C34H44O4Si/c1-28(37-27-29-21-23-31(36-5)24-22-29)15-9-6-10-16-30(35)25-26-38-39(34(2,3)4,32-17-11-7-12-18-32)33-19-13-8-14-20-33/h6-14,16-24,28,30,35H,15,25-27H2,1-5H3/b9-6+,16-10+/t28-,30-/m1/s1. The summed E-state index contributed by atoms with van der Waals surface area (Å²) in [5, 5.41) is 13.0. The first kappa shape index (κ1) is 30.6. The number of ether oxygens (including phenoxy) is 2. The van der Waals surface area contributed by atoms with Crippen LogP contribution in [-0.2, 0) is 15.8 Å². The lowest BCUT2D eigenvalue weighted by molar-refractivity contribution is 0.0552. The number of methoxy groups -OCH3 is 1. The molecule has 0 aromatic heterocycles. The van der Waals surface area contributed by atoms with E-state index in [2.05, 4.69) is 82.3 Å². The molecule has 0 aliphatic carbocycles. The number of aliphatic hydroxyl groups excluding tert-OH is 1. The summed E-state index contributed by atoms with van der Waals surface area (Å²) in [6.07, 6.45) is 8.64. The number of hydrogen-bond donors (Lipinski definition) is 1. The molecule has 0 saturated carbocycles. The van der Waals surface area contributed by atoms with Crippen molar-refractivity contribution in [1.82, 2.24) is 0 Å². The monoisotopic (exact) mass is 544 g/mol. The van der Waals surface area contributed by atoms with Gasteiger partial charge in [-0.2, -0.15) is 0 Å². The molecule has 1 N–H and O–H groups in total. The van der Waals surface area contributed by atoms with Gasteiger partial charge in [0.15, 0.2) is 0 Å². The van der Waals surface area contributed by atoms with Crippen LogP contribution in [0.5, 0.6) is 5.75 Å². The summed E-state index contributed by atoms with van der Waals surface area (Å²) in [4.78, 5) is 0. The van der Waals surface area contributed by atoms with Gasteiger partial charge in [0, 0.05) is 6.61 Å². The minimum absolute atomic E-state index is 0.0780. The molecule has 0 spiro atoms. The van der Waals surface area contributed by atoms with E-state index in [9.17, 15) is 5.11 Å². The van der Waals surface area contributed by atoms with Crippen LogP contribution in [0.3, 0.4) is 0 Å². The van der Waals surface area contributed by atoms with E-state index in [1.165, 1.54) is 10.4 Å². The first-order chi connectivity index (χ1) is 18.8. The number of hydrogen-bond acceptors (Lipinski definition) is 4. The Bertz CT molecular complexity index is 1110. The topological polar surface area (TPSA) is 47.9 Å². The normalized spacial score (nSPS) is 14.1. The molecule has 0 fully saturated rings. The quantitative estimate of drug-likeness (QED) is 0.188. The summed E-state index contributed by atoms with van der Waals surface area (Å²) < 4.78 is 18.0. The zero-order chi connectivity index (χ0) is 28.1. The van der Waals surface area contributed by atoms with Crippen LogP contribution in [-0.4, -0.2) is 39.3 Å². The van der Waals surface area contributed by atoms with Crippen molar-refractivity contribution in [2.45, 2.75) is 64.4 Å². The maximum Gasteiger partial charge on any atom is 0.261 e. The summed E-state index contributed by atoms with van der Waals surface area (Å²) in [7, 11) is -0.915. The first-order valence-electron chi connectivity index (χ1n) is 13.8. The molecule has 3 aromatic rings. The second-order valence-electron chi connectivity index (χ2n) is 10.9. The fourth-order valence-electron chi connectivity index (χ4n) is 4.76. The highest BCUT2D eigenvalue weighted by Crippen LogP contribution is 2.36. The van der Waals surface area contributed by atoms with Crippen LogP contribution in [0.15, 0.2) is 109 Å². The Hall–Kier alpha value is -2.96. The SMILES string of the molecule is COc1ccc(CO[C@H](C)C/C=C/C=C/[C@@H](O)CCO[Si](c2ccccc2)(c2ccccc2)C(C)(C)C)cc1. The summed E-state index contributed by atoms with van der Waals surface area (Å²) in [6, 6.07) is 29.1. The molecule has 0 saturated heterocycles. The molecule has 208 valence electrons. The Kier molecular flexibility index (Phi) is 11.8. The Balaban J connectivity index is 1.51. The van der Waals surface area contributed by atoms with Crippen molar-refractivity contribution in [1.29, 1.82) is 0 Å². The molecule has 0 bridgehead atoms. The van der Waals surface area contributed by atoms with Gasteiger partial charge in [0.1, 0.15) is 5.75 Å². The second kappa shape index (κ2) is 15.0. The van der Waals surface area contributed by atoms with Gasteiger partial charge in [0.2, 0.25) is 0 Å². The van der Waals surface area contributed by atoms with Crippen molar-refractivity contribution in [3.05, 3.63) is 115 Å². The van der Waals surface area contributed by atoms with Gasteiger partial charge in [-0.05, 0) is 52.9 Å². The lowest BCUT2D eigenvalue weighted by atomic mass is 10.2. The van der Waals surface area contributed by atoms with Crippen molar-refractivity contribution >= 4 is 18.7 Å². The van der Waals surface area contributed by atoms with Crippen molar-refractivity contribution in [2.75, 3.05) is 13.7 Å². The van der Waals surface area contributed by atoms with E-state index in [0.717, 1.165) is 17.7 Å². The molecule has 39 heavy (non-hydrogen) atoms. The minimum Gasteiger partial charge on any atom is -0.497 e. The highest BCUT2D eigenvalue weighted by molar-refractivity contribution is 6.99. The molecule has 0 unspecified atom stereocenters. The zero-order valence-electron chi connectivity index (χ0n) is 24.0. The van der Waals surface area contributed by atoms with Crippen molar-refractivity contribution in [3.63, 3.8) is 0 Å². The molecule has 0 amide bonds. The van der Waals surface area contributed by atoms with Gasteiger partial charge in [0.25, 0.3) is 8.32 Å². The third-order valence-electron chi connectivity index (χ3n) is 6.89. The fourth-order valence-corrected chi connectivity index (χ4v) is 9.34. The first-order valence-corrected chi connectivity index (χ1v) is 15.7. The Morgan fingerprint density at radius 2 is 1.44 bits per heavy atom. The molecule has 0 aliphatic rings. The van der Waals surface area contributed by atoms with E-state index in [1.807, 2.05) is 54.6 Å². The summed E-state index contributed by atoms with van der Waals surface area (Å²) >= 11 is 0. The summed E-state index contributed by atoms with van der Waals surface area (Å²) in [6.45, 7) is 9.92. The van der Waals surface area contributed by atoms with Gasteiger partial charge in [0.05, 0.1) is 25.9 Å². The zero-order valence-corrected chi connectivity index (χ0v) is 25.0. The van der Waals surface area contributed by atoms with E-state index < -0.39 is 14.4 Å². The van der Waals surface area contributed by atoms with Gasteiger partial charge in [-0.25, -0.2) is 0 Å². The fraction of sp³-hybridized carbons (Fsp3) is 0.353. The number of benzene rings is 3. The van der Waals surface area contributed by atoms with Gasteiger partial charge in [-0.15, -0.1) is 0 Å². The molecular weight excluding hydrogens is 500 g/mol. The Morgan fingerprint density at radius 3 is 1.97 bits per heavy atom. The van der Waals surface area contributed by atoms with Crippen molar-refractivity contribution in [2.24, 2.45) is 0 Å². The average Bonchev–Trinajstić information content (AvgIpc) is 2.94. The van der Waals surface area contributed by atoms with Gasteiger partial charge in [-0.3, -0.25) is 0 Å². The summed E-state index contributed by atoms with van der Waals surface area (Å²) in [5.74, 6) is 0.846. The van der Waals surface area contributed by atoms with Crippen molar-refractivity contribution < 1.29 is 19.0 Å². The lowest BCUT2D eigenvalue weighted by Crippen LogP contribution is -2.66. The van der Waals surface area contributed by atoms with E-state index in [1.54, 1.807) is 7.11 Å². The summed E-state index contributed by atoms with van der Waals surface area (Å²) in [5.41, 5.74) is 1.12. The molecule has 4 nitrogen and oxygen atoms in total. The predicted molar refractivity (Wildman–Crippen MR) is 164 cm³/mol. The number of aliphatic hydroxyl groups is 1. The smallest absolute Gasteiger partial charge is 0.261 e. The van der Waals surface area contributed by atoms with Crippen molar-refractivity contribution in [3.8, 4) is 5.75 Å². The number of allylic oxidation sites excluding steroid dienone is 2. The molecule has 3 rings (SSSR count). The lowest BCUT2D eigenvalue weighted by Gasteiger charge is -2.43. The van der Waals surface area contributed by atoms with Gasteiger partial charge in [-0.1, -0.05) is 118 Å². The molecule has 3 aromatic carbocycles. The van der Waals surface area contributed by atoms with E-state index in [4.69, 9.17) is 13.9 Å². The molecule has 2 atom stereocenters. The van der Waals surface area contributed by atoms with E-state index >= 15 is 0 Å². The molecule has 5 heteroatoms. The third-order valence-corrected chi connectivity index (χ3v) is 11.9. The third kappa shape index (κ3) is 8.77. The molecule has 0 radical (unpaired) electrons. The van der Waals surface area contributed by atoms with Crippen LogP contribution in [0.4, 0.5) is 0 Å². The Morgan fingerprint density at radius 1 is 0.846 bits per heavy atom. The van der Waals surface area contributed by atoms with Gasteiger partial charge < -0.3 is 19.0 Å². The van der Waals surface area contributed by atoms with E-state index in [0.29, 0.717) is 19.6 Å². The highest BCUT2D eigenvalue weighted by Gasteiger charge is 2.50. The largest absolute Gasteiger partial charge is 0.497 e. The highest BCUT2D eigenvalue weighted by atomic mass is 28.4. The van der Waals surface area contributed by atoms with E-state index in [-0.39, 0.29) is 11.1 Å². The van der Waals surface area contributed by atoms with Crippen LogP contribution in [0.1, 0.15) is 46.1 Å². The average molecular weight is 545 g/mol. The maximum absolute atomic E-state index is 10.6. The molecule has 0 aliphatic heterocycles. The second-order valence-corrected chi connectivity index (χ2v) is 15.2. The molecular formula is C34H44O4Si. The number of rotatable bonds is 14. The maximum atomic E-state index is 10.6. The van der Waals surface area contributed by atoms with Crippen LogP contribution in [0, 0.1) is 0 Å². The molecule has 0 heterocycles.